The lowest BCUT2D eigenvalue weighted by molar-refractivity contribution is 0.672. The number of aryl methyl sites for hydroxylation is 1. The third-order valence-corrected chi connectivity index (χ3v) is 3.22. The lowest BCUT2D eigenvalue weighted by Gasteiger charge is -2.19. The first kappa shape index (κ1) is 14.5. The molecule has 2 rings (SSSR count). The molecule has 0 unspecified atom stereocenters. The van der Waals surface area contributed by atoms with E-state index in [0.29, 0.717) is 0 Å². The van der Waals surface area contributed by atoms with E-state index in [-0.39, 0.29) is 0 Å². The van der Waals surface area contributed by atoms with Crippen LogP contribution in [0.15, 0.2) is 36.7 Å². The highest BCUT2D eigenvalue weighted by Gasteiger charge is 2.08. The summed E-state index contributed by atoms with van der Waals surface area (Å²) in [4.78, 5) is 10.9. The van der Waals surface area contributed by atoms with Crippen LogP contribution >= 0.6 is 0 Å². The minimum atomic E-state index is 0.721. The lowest BCUT2D eigenvalue weighted by Crippen LogP contribution is -2.16. The van der Waals surface area contributed by atoms with Gasteiger partial charge in [0.1, 0.15) is 0 Å². The highest BCUT2D eigenvalue weighted by molar-refractivity contribution is 5.60. The molecule has 0 saturated heterocycles. The van der Waals surface area contributed by atoms with Crippen LogP contribution in [0.4, 0.5) is 11.6 Å². The molecule has 20 heavy (non-hydrogen) atoms. The molecule has 2 aromatic rings. The van der Waals surface area contributed by atoms with E-state index in [0.717, 1.165) is 36.7 Å². The van der Waals surface area contributed by atoms with E-state index in [4.69, 9.17) is 0 Å². The maximum Gasteiger partial charge on any atom is 0.229 e. The Kier molecular flexibility index (Phi) is 5.07. The number of nitrogens with zero attached hydrogens (tertiary/aromatic N) is 3. The van der Waals surface area contributed by atoms with Crippen molar-refractivity contribution < 1.29 is 0 Å². The summed E-state index contributed by atoms with van der Waals surface area (Å²) in [5, 5.41) is 3.35. The molecule has 0 saturated carbocycles. The van der Waals surface area contributed by atoms with Crippen LogP contribution in [-0.2, 0) is 6.54 Å². The van der Waals surface area contributed by atoms with Crippen LogP contribution in [0.3, 0.4) is 0 Å². The van der Waals surface area contributed by atoms with Gasteiger partial charge in [-0.05, 0) is 31.5 Å². The molecule has 1 N–H and O–H groups in total. The van der Waals surface area contributed by atoms with Gasteiger partial charge in [0, 0.05) is 37.2 Å². The second kappa shape index (κ2) is 7.01. The summed E-state index contributed by atoms with van der Waals surface area (Å²) >= 11 is 0. The lowest BCUT2D eigenvalue weighted by atomic mass is 10.2. The molecule has 0 aliphatic carbocycles. The molecule has 0 atom stereocenters. The Morgan fingerprint density at radius 3 is 2.50 bits per heavy atom. The summed E-state index contributed by atoms with van der Waals surface area (Å²) in [5.74, 6) is 0.721. The number of benzene rings is 1. The van der Waals surface area contributed by atoms with Gasteiger partial charge in [0.15, 0.2) is 0 Å². The number of aromatic nitrogens is 2. The Balaban J connectivity index is 2.08. The third kappa shape index (κ3) is 3.54. The van der Waals surface area contributed by atoms with Crippen LogP contribution < -0.4 is 10.2 Å². The number of nitrogens with one attached hydrogen (secondary N) is 1. The number of hydrogen-bond donors (Lipinski definition) is 1. The summed E-state index contributed by atoms with van der Waals surface area (Å²) < 4.78 is 0. The number of rotatable bonds is 6. The van der Waals surface area contributed by atoms with E-state index in [9.17, 15) is 0 Å². The van der Waals surface area contributed by atoms with E-state index in [1.54, 1.807) is 0 Å². The van der Waals surface area contributed by atoms with E-state index >= 15 is 0 Å². The molecule has 4 nitrogen and oxygen atoms in total. The quantitative estimate of drug-likeness (QED) is 0.819. The van der Waals surface area contributed by atoms with Crippen LogP contribution in [0, 0.1) is 6.92 Å². The zero-order valence-corrected chi connectivity index (χ0v) is 12.4. The Morgan fingerprint density at radius 1 is 1.15 bits per heavy atom. The van der Waals surface area contributed by atoms with Gasteiger partial charge in [0.05, 0.1) is 0 Å². The van der Waals surface area contributed by atoms with Crippen molar-refractivity contribution in [2.75, 3.05) is 18.5 Å². The predicted molar refractivity (Wildman–Crippen MR) is 83.3 cm³/mol. The van der Waals surface area contributed by atoms with Gasteiger partial charge >= 0.3 is 0 Å². The maximum atomic E-state index is 4.45. The van der Waals surface area contributed by atoms with Gasteiger partial charge in [-0.3, -0.25) is 0 Å². The SMILES string of the molecule is CCCNCc1cnc(N(C)c2ccccc2C)nc1. The largest absolute Gasteiger partial charge is 0.313 e. The zero-order valence-electron chi connectivity index (χ0n) is 12.4. The summed E-state index contributed by atoms with van der Waals surface area (Å²) in [6.07, 6.45) is 4.91. The summed E-state index contributed by atoms with van der Waals surface area (Å²) in [7, 11) is 1.99. The maximum absolute atomic E-state index is 4.45. The second-order valence-electron chi connectivity index (χ2n) is 4.91. The molecule has 1 aromatic carbocycles. The van der Waals surface area contributed by atoms with Crippen LogP contribution in [0.1, 0.15) is 24.5 Å². The number of hydrogen-bond acceptors (Lipinski definition) is 4. The van der Waals surface area contributed by atoms with Gasteiger partial charge in [-0.1, -0.05) is 25.1 Å². The molecule has 106 valence electrons. The fourth-order valence-corrected chi connectivity index (χ4v) is 2.07. The van der Waals surface area contributed by atoms with Crippen molar-refractivity contribution in [3.63, 3.8) is 0 Å². The van der Waals surface area contributed by atoms with Crippen LogP contribution in [-0.4, -0.2) is 23.6 Å². The average molecular weight is 270 g/mol. The summed E-state index contributed by atoms with van der Waals surface area (Å²) in [5.41, 5.74) is 3.46. The van der Waals surface area contributed by atoms with Crippen molar-refractivity contribution in [3.8, 4) is 0 Å². The van der Waals surface area contributed by atoms with Crippen molar-refractivity contribution in [2.24, 2.45) is 0 Å². The first-order valence-electron chi connectivity index (χ1n) is 7.03. The van der Waals surface area contributed by atoms with Crippen molar-refractivity contribution in [1.82, 2.24) is 15.3 Å². The predicted octanol–water partition coefficient (Wildman–Crippen LogP) is 3.05. The minimum absolute atomic E-state index is 0.721. The standard InChI is InChI=1S/C16H22N4/c1-4-9-17-10-14-11-18-16(19-12-14)20(3)15-8-6-5-7-13(15)2/h5-8,11-12,17H,4,9-10H2,1-3H3. The van der Waals surface area contributed by atoms with Gasteiger partial charge < -0.3 is 10.2 Å². The fourth-order valence-electron chi connectivity index (χ4n) is 2.07. The van der Waals surface area contributed by atoms with Crippen molar-refractivity contribution in [1.29, 1.82) is 0 Å². The van der Waals surface area contributed by atoms with E-state index < -0.39 is 0 Å². The summed E-state index contributed by atoms with van der Waals surface area (Å²) in [6, 6.07) is 8.24. The minimum Gasteiger partial charge on any atom is -0.313 e. The van der Waals surface area contributed by atoms with Crippen LogP contribution in [0.25, 0.3) is 0 Å². The van der Waals surface area contributed by atoms with Gasteiger partial charge in [-0.25, -0.2) is 9.97 Å². The van der Waals surface area contributed by atoms with Gasteiger partial charge in [0.2, 0.25) is 5.95 Å². The van der Waals surface area contributed by atoms with Crippen molar-refractivity contribution >= 4 is 11.6 Å². The normalized spacial score (nSPS) is 10.6. The molecule has 0 fully saturated rings. The van der Waals surface area contributed by atoms with E-state index in [1.165, 1.54) is 5.56 Å². The monoisotopic (exact) mass is 270 g/mol. The molecule has 1 heterocycles. The van der Waals surface area contributed by atoms with Crippen LogP contribution in [0.2, 0.25) is 0 Å². The smallest absolute Gasteiger partial charge is 0.229 e. The molecule has 0 radical (unpaired) electrons. The molecule has 1 aromatic heterocycles. The topological polar surface area (TPSA) is 41.1 Å². The Bertz CT molecular complexity index is 536. The Hall–Kier alpha value is -1.94. The molecule has 0 aliphatic heterocycles. The molecule has 4 heteroatoms. The van der Waals surface area contributed by atoms with Gasteiger partial charge in [-0.15, -0.1) is 0 Å². The molecule has 0 amide bonds. The van der Waals surface area contributed by atoms with Gasteiger partial charge in [-0.2, -0.15) is 0 Å². The second-order valence-corrected chi connectivity index (χ2v) is 4.91. The van der Waals surface area contributed by atoms with E-state index in [1.807, 2.05) is 36.5 Å². The Morgan fingerprint density at radius 2 is 1.85 bits per heavy atom. The molecule has 0 aliphatic rings. The average Bonchev–Trinajstić information content (AvgIpc) is 2.48. The number of para-hydroxylation sites is 1. The fraction of sp³-hybridized carbons (Fsp3) is 0.375. The highest BCUT2D eigenvalue weighted by Crippen LogP contribution is 2.23. The van der Waals surface area contributed by atoms with Crippen LogP contribution in [0.5, 0.6) is 0 Å². The molecule has 0 spiro atoms. The molecular weight excluding hydrogens is 248 g/mol. The van der Waals surface area contributed by atoms with E-state index in [2.05, 4.69) is 41.3 Å². The van der Waals surface area contributed by atoms with Gasteiger partial charge in [0.25, 0.3) is 0 Å². The molecular formula is C16H22N4. The third-order valence-electron chi connectivity index (χ3n) is 3.22. The molecule has 0 bridgehead atoms. The van der Waals surface area contributed by atoms with Crippen molar-refractivity contribution in [3.05, 3.63) is 47.8 Å². The van der Waals surface area contributed by atoms with Crippen molar-refractivity contribution in [2.45, 2.75) is 26.8 Å². The zero-order chi connectivity index (χ0) is 14.4. The highest BCUT2D eigenvalue weighted by atomic mass is 15.2. The number of anilines is 2. The Labute approximate surface area is 120 Å². The first-order chi connectivity index (χ1) is 9.72. The summed E-state index contributed by atoms with van der Waals surface area (Å²) in [6.45, 7) is 6.09. The first-order valence-corrected chi connectivity index (χ1v) is 7.03.